The van der Waals surface area contributed by atoms with Gasteiger partial charge in [0, 0.05) is 12.3 Å². The highest BCUT2D eigenvalue weighted by molar-refractivity contribution is 5.87. The van der Waals surface area contributed by atoms with Crippen molar-refractivity contribution < 1.29 is 29.6 Å². The van der Waals surface area contributed by atoms with Crippen LogP contribution in [-0.2, 0) is 14.3 Å². The third-order valence-corrected chi connectivity index (χ3v) is 7.00. The SMILES string of the molecule is CCCCCCCCCCCCCCC(N)C(=O)NC(C(=O)O)[C@H]1O[C@@H](n2ccc(=O)[nH]c2=O)[C@H](O)[C@@H]1O. The Morgan fingerprint density at radius 3 is 2.08 bits per heavy atom. The number of carboxylic acid groups (broad SMARTS) is 1. The number of aliphatic hydroxyl groups excluding tert-OH is 2. The number of H-pyrrole nitrogens is 1. The summed E-state index contributed by atoms with van der Waals surface area (Å²) < 4.78 is 6.31. The van der Waals surface area contributed by atoms with Gasteiger partial charge in [-0.25, -0.2) is 9.59 Å². The third-order valence-electron chi connectivity index (χ3n) is 7.00. The molecule has 1 aliphatic rings. The number of nitrogens with zero attached hydrogens (tertiary/aromatic N) is 1. The van der Waals surface area contributed by atoms with Crippen LogP contribution in [0.15, 0.2) is 21.9 Å². The summed E-state index contributed by atoms with van der Waals surface area (Å²) in [4.78, 5) is 49.8. The molecule has 7 N–H and O–H groups in total. The first-order valence-corrected chi connectivity index (χ1v) is 13.8. The van der Waals surface area contributed by atoms with E-state index in [1.54, 1.807) is 0 Å². The molecule has 0 aromatic carbocycles. The van der Waals surface area contributed by atoms with Crippen molar-refractivity contribution in [3.63, 3.8) is 0 Å². The van der Waals surface area contributed by atoms with E-state index in [4.69, 9.17) is 10.5 Å². The minimum absolute atomic E-state index is 0.377. The number of hydrogen-bond acceptors (Lipinski definition) is 8. The number of hydrogen-bond donors (Lipinski definition) is 6. The number of aliphatic hydroxyl groups is 2. The van der Waals surface area contributed by atoms with Gasteiger partial charge in [0.2, 0.25) is 5.91 Å². The number of carbonyl (C=O) groups is 2. The minimum atomic E-state index is -1.73. The molecule has 2 unspecified atom stereocenters. The van der Waals surface area contributed by atoms with E-state index in [-0.39, 0.29) is 0 Å². The molecule has 1 aromatic rings. The molecule has 12 nitrogen and oxygen atoms in total. The van der Waals surface area contributed by atoms with Crippen molar-refractivity contribution in [2.45, 2.75) is 127 Å². The highest BCUT2D eigenvalue weighted by atomic mass is 16.6. The monoisotopic (exact) mass is 540 g/mol. The van der Waals surface area contributed by atoms with Crippen molar-refractivity contribution in [1.82, 2.24) is 14.9 Å². The first kappa shape index (κ1) is 31.7. The van der Waals surface area contributed by atoms with Crippen LogP contribution in [0, 0.1) is 0 Å². The van der Waals surface area contributed by atoms with E-state index in [1.807, 2.05) is 4.98 Å². The summed E-state index contributed by atoms with van der Waals surface area (Å²) in [5.41, 5.74) is 4.39. The third kappa shape index (κ3) is 9.64. The van der Waals surface area contributed by atoms with Gasteiger partial charge in [-0.1, -0.05) is 84.0 Å². The summed E-state index contributed by atoms with van der Waals surface area (Å²) in [5, 5.41) is 32.7. The number of unbranched alkanes of at least 4 members (excludes halogenated alkanes) is 11. The molecule has 12 heteroatoms. The average molecular weight is 541 g/mol. The Kier molecular flexibility index (Phi) is 13.7. The van der Waals surface area contributed by atoms with E-state index < -0.39 is 59.7 Å². The lowest BCUT2D eigenvalue weighted by molar-refractivity contribution is -0.149. The molecule has 1 fully saturated rings. The van der Waals surface area contributed by atoms with Crippen molar-refractivity contribution in [2.24, 2.45) is 5.73 Å². The van der Waals surface area contributed by atoms with Crippen LogP contribution >= 0.6 is 0 Å². The van der Waals surface area contributed by atoms with Crippen LogP contribution in [-0.4, -0.2) is 67.1 Å². The van der Waals surface area contributed by atoms with E-state index in [0.717, 1.165) is 42.5 Å². The molecule has 0 radical (unpaired) electrons. The molecular weight excluding hydrogens is 496 g/mol. The number of aromatic nitrogens is 2. The van der Waals surface area contributed by atoms with Crippen LogP contribution < -0.4 is 22.3 Å². The Morgan fingerprint density at radius 1 is 1.00 bits per heavy atom. The lowest BCUT2D eigenvalue weighted by atomic mass is 10.0. The molecule has 1 aliphatic heterocycles. The quantitative estimate of drug-likeness (QED) is 0.148. The Hall–Kier alpha value is -2.54. The van der Waals surface area contributed by atoms with Crippen LogP contribution in [0.25, 0.3) is 0 Å². The molecule has 2 heterocycles. The maximum atomic E-state index is 12.6. The molecule has 0 saturated carbocycles. The molecule has 0 aliphatic carbocycles. The number of carboxylic acids is 1. The molecule has 1 aromatic heterocycles. The number of nitrogens with one attached hydrogen (secondary N) is 2. The second-order valence-corrected chi connectivity index (χ2v) is 10.1. The van der Waals surface area contributed by atoms with Gasteiger partial charge < -0.3 is 31.1 Å². The molecule has 216 valence electrons. The van der Waals surface area contributed by atoms with Gasteiger partial charge in [0.25, 0.3) is 5.56 Å². The number of rotatable bonds is 18. The summed E-state index contributed by atoms with van der Waals surface area (Å²) in [5.74, 6) is -2.21. The predicted molar refractivity (Wildman–Crippen MR) is 140 cm³/mol. The number of nitrogens with two attached hydrogens (primary N) is 1. The van der Waals surface area contributed by atoms with E-state index >= 15 is 0 Å². The fourth-order valence-corrected chi connectivity index (χ4v) is 4.70. The number of ether oxygens (including phenoxy) is 1. The second-order valence-electron chi connectivity index (χ2n) is 10.1. The number of aliphatic carboxylic acids is 1. The van der Waals surface area contributed by atoms with Crippen LogP contribution in [0.3, 0.4) is 0 Å². The van der Waals surface area contributed by atoms with Gasteiger partial charge in [0.15, 0.2) is 12.3 Å². The van der Waals surface area contributed by atoms with Crippen LogP contribution in [0.4, 0.5) is 0 Å². The minimum Gasteiger partial charge on any atom is -0.480 e. The summed E-state index contributed by atoms with van der Waals surface area (Å²) in [6.07, 6.45) is 9.07. The molecule has 0 bridgehead atoms. The molecule has 38 heavy (non-hydrogen) atoms. The molecule has 1 amide bonds. The highest BCUT2D eigenvalue weighted by Crippen LogP contribution is 2.30. The van der Waals surface area contributed by atoms with Crippen molar-refractivity contribution in [3.8, 4) is 0 Å². The molecular formula is C26H44N4O8. The molecule has 0 spiro atoms. The average Bonchev–Trinajstić information content (AvgIpc) is 3.16. The van der Waals surface area contributed by atoms with Gasteiger partial charge in [-0.3, -0.25) is 19.1 Å². The molecule has 1 saturated heterocycles. The van der Waals surface area contributed by atoms with Gasteiger partial charge >= 0.3 is 11.7 Å². The van der Waals surface area contributed by atoms with Gasteiger partial charge in [-0.15, -0.1) is 0 Å². The zero-order valence-corrected chi connectivity index (χ0v) is 22.2. The fourth-order valence-electron chi connectivity index (χ4n) is 4.70. The zero-order valence-electron chi connectivity index (χ0n) is 22.2. The Labute approximate surface area is 222 Å². The number of carbonyl (C=O) groups excluding carboxylic acids is 1. The Balaban J connectivity index is 1.76. The van der Waals surface area contributed by atoms with Gasteiger partial charge in [0.1, 0.15) is 18.3 Å². The largest absolute Gasteiger partial charge is 0.480 e. The highest BCUT2D eigenvalue weighted by Gasteiger charge is 2.50. The van der Waals surface area contributed by atoms with E-state index in [1.165, 1.54) is 51.4 Å². The Bertz CT molecular complexity index is 980. The summed E-state index contributed by atoms with van der Waals surface area (Å²) in [6.45, 7) is 2.22. The van der Waals surface area contributed by atoms with Crippen molar-refractivity contribution in [1.29, 1.82) is 0 Å². The maximum absolute atomic E-state index is 12.6. The predicted octanol–water partition coefficient (Wildman–Crippen LogP) is 1.14. The summed E-state index contributed by atoms with van der Waals surface area (Å²) >= 11 is 0. The topological polar surface area (TPSA) is 197 Å². The van der Waals surface area contributed by atoms with Gasteiger partial charge in [-0.2, -0.15) is 0 Å². The molecule has 6 atom stereocenters. The van der Waals surface area contributed by atoms with E-state index in [9.17, 15) is 34.5 Å². The first-order valence-electron chi connectivity index (χ1n) is 13.8. The van der Waals surface area contributed by atoms with Crippen molar-refractivity contribution in [3.05, 3.63) is 33.1 Å². The lowest BCUT2D eigenvalue weighted by Gasteiger charge is -2.24. The molecule has 2 rings (SSSR count). The lowest BCUT2D eigenvalue weighted by Crippen LogP contribution is -2.56. The fraction of sp³-hybridized carbons (Fsp3) is 0.769. The second kappa shape index (κ2) is 16.4. The number of aromatic amines is 1. The van der Waals surface area contributed by atoms with Crippen molar-refractivity contribution >= 4 is 11.9 Å². The van der Waals surface area contributed by atoms with Crippen LogP contribution in [0.2, 0.25) is 0 Å². The Morgan fingerprint density at radius 2 is 1.55 bits per heavy atom. The standard InChI is InChI=1S/C26H44N4O8/c1-2-3-4-5-6-7-8-9-10-11-12-13-14-17(27)23(34)29-19(25(35)36)22-20(32)21(33)24(38-22)30-16-15-18(31)28-26(30)37/h15-17,19-22,24,32-33H,2-14,27H2,1H3,(H,29,34)(H,35,36)(H,28,31,37)/t17?,19?,20-,21+,22+,24+/m0/s1. The van der Waals surface area contributed by atoms with Gasteiger partial charge in [-0.05, 0) is 6.42 Å². The summed E-state index contributed by atoms with van der Waals surface area (Å²) in [7, 11) is 0. The van der Waals surface area contributed by atoms with Crippen molar-refractivity contribution in [2.75, 3.05) is 0 Å². The van der Waals surface area contributed by atoms with Crippen LogP contribution in [0.1, 0.15) is 96.6 Å². The first-order chi connectivity index (χ1) is 18.2. The number of amides is 1. The van der Waals surface area contributed by atoms with E-state index in [2.05, 4.69) is 12.2 Å². The van der Waals surface area contributed by atoms with Crippen LogP contribution in [0.5, 0.6) is 0 Å². The van der Waals surface area contributed by atoms with Gasteiger partial charge in [0.05, 0.1) is 6.04 Å². The normalized spacial score (nSPS) is 22.7. The summed E-state index contributed by atoms with van der Waals surface area (Å²) in [6, 6.07) is -1.65. The van der Waals surface area contributed by atoms with E-state index in [0.29, 0.717) is 6.42 Å². The smallest absolute Gasteiger partial charge is 0.330 e. The zero-order chi connectivity index (χ0) is 28.1. The maximum Gasteiger partial charge on any atom is 0.330 e.